The summed E-state index contributed by atoms with van der Waals surface area (Å²) in [6.45, 7) is 2.00. The Bertz CT molecular complexity index is 698. The highest BCUT2D eigenvalue weighted by Gasteiger charge is 2.62. The van der Waals surface area contributed by atoms with Crippen molar-refractivity contribution in [3.8, 4) is 0 Å². The maximum absolute atomic E-state index is 14.2. The second-order valence-corrected chi connectivity index (χ2v) is 7.00. The third-order valence-electron chi connectivity index (χ3n) is 2.83. The molecule has 0 saturated carbocycles. The molecule has 0 aromatic heterocycles. The van der Waals surface area contributed by atoms with Gasteiger partial charge in [0.2, 0.25) is 5.04 Å². The van der Waals surface area contributed by atoms with Crippen molar-refractivity contribution in [3.63, 3.8) is 0 Å². The van der Waals surface area contributed by atoms with Gasteiger partial charge >= 0.3 is 11.4 Å². The summed E-state index contributed by atoms with van der Waals surface area (Å²) in [4.78, 5) is 4.38. The fourth-order valence-corrected chi connectivity index (χ4v) is 2.87. The van der Waals surface area contributed by atoms with Crippen molar-refractivity contribution in [1.29, 1.82) is 5.41 Å². The van der Waals surface area contributed by atoms with Crippen molar-refractivity contribution in [2.45, 2.75) is 37.1 Å². The average molecular weight is 382 g/mol. The second-order valence-electron chi connectivity index (χ2n) is 5.06. The smallest absolute Gasteiger partial charge is 0.385 e. The third-order valence-corrected chi connectivity index (χ3v) is 4.53. The SMILES string of the molecule is CN/N=C(\C(=N)C(F)(F)F)C(F)(F)S(=O)(=O)C1=NOC(C)(C)C1F. The number of hydrogen-bond donors (Lipinski definition) is 2. The zero-order chi connectivity index (χ0) is 19.1. The van der Waals surface area contributed by atoms with E-state index in [-0.39, 0.29) is 0 Å². The topological polar surface area (TPSA) is 104 Å². The van der Waals surface area contributed by atoms with Crippen LogP contribution in [-0.2, 0) is 14.7 Å². The van der Waals surface area contributed by atoms with Crippen molar-refractivity contribution in [2.24, 2.45) is 10.3 Å². The summed E-state index contributed by atoms with van der Waals surface area (Å²) in [6, 6.07) is 0. The molecule has 0 amide bonds. The Morgan fingerprint density at radius 1 is 1.33 bits per heavy atom. The number of oxime groups is 1. The molecule has 1 aliphatic rings. The van der Waals surface area contributed by atoms with Gasteiger partial charge in [0.25, 0.3) is 9.84 Å². The molecule has 14 heteroatoms. The maximum atomic E-state index is 14.2. The zero-order valence-electron chi connectivity index (χ0n) is 12.4. The van der Waals surface area contributed by atoms with Gasteiger partial charge in [-0.2, -0.15) is 27.1 Å². The second kappa shape index (κ2) is 5.89. The van der Waals surface area contributed by atoms with Crippen molar-refractivity contribution >= 4 is 26.3 Å². The zero-order valence-corrected chi connectivity index (χ0v) is 13.2. The van der Waals surface area contributed by atoms with E-state index in [9.17, 15) is 34.8 Å². The molecular weight excluding hydrogens is 370 g/mol. The Hall–Kier alpha value is -1.86. The molecule has 2 N–H and O–H groups in total. The molecule has 1 atom stereocenters. The monoisotopic (exact) mass is 382 g/mol. The van der Waals surface area contributed by atoms with Crippen LogP contribution >= 0.6 is 0 Å². The summed E-state index contributed by atoms with van der Waals surface area (Å²) >= 11 is 0. The van der Waals surface area contributed by atoms with Gasteiger partial charge in [0.05, 0.1) is 0 Å². The quantitative estimate of drug-likeness (QED) is 0.438. The predicted molar refractivity (Wildman–Crippen MR) is 71.6 cm³/mol. The lowest BCUT2D eigenvalue weighted by molar-refractivity contribution is -0.0580. The van der Waals surface area contributed by atoms with E-state index in [0.717, 1.165) is 20.9 Å². The summed E-state index contributed by atoms with van der Waals surface area (Å²) in [7, 11) is -5.27. The fourth-order valence-electron chi connectivity index (χ4n) is 1.51. The van der Waals surface area contributed by atoms with E-state index in [1.165, 1.54) is 0 Å². The van der Waals surface area contributed by atoms with Gasteiger partial charge in [0.1, 0.15) is 0 Å². The van der Waals surface area contributed by atoms with Gasteiger partial charge in [-0.3, -0.25) is 5.41 Å². The lowest BCUT2D eigenvalue weighted by Crippen LogP contribution is -2.51. The van der Waals surface area contributed by atoms with Crippen molar-refractivity contribution < 1.29 is 39.6 Å². The first kappa shape index (κ1) is 20.2. The van der Waals surface area contributed by atoms with Crippen LogP contribution in [0.5, 0.6) is 0 Å². The fraction of sp³-hybridized carbons (Fsp3) is 0.700. The molecule has 0 spiro atoms. The van der Waals surface area contributed by atoms with Crippen LogP contribution in [0.3, 0.4) is 0 Å². The molecule has 1 rings (SSSR count). The molecule has 0 radical (unpaired) electrons. The van der Waals surface area contributed by atoms with Crippen LogP contribution in [0.4, 0.5) is 26.3 Å². The average Bonchev–Trinajstić information content (AvgIpc) is 2.68. The number of nitrogens with zero attached hydrogens (tertiary/aromatic N) is 2. The molecule has 7 nitrogen and oxygen atoms in total. The summed E-state index contributed by atoms with van der Waals surface area (Å²) in [5.74, 6) is 0. The van der Waals surface area contributed by atoms with E-state index < -0.39 is 49.5 Å². The molecule has 1 aliphatic heterocycles. The van der Waals surface area contributed by atoms with Crippen molar-refractivity contribution in [3.05, 3.63) is 0 Å². The predicted octanol–water partition coefficient (Wildman–Crippen LogP) is 1.61. The first-order chi connectivity index (χ1) is 10.6. The normalized spacial score (nSPS) is 22.0. The number of rotatable bonds is 4. The van der Waals surface area contributed by atoms with Crippen LogP contribution in [-0.4, -0.2) is 55.1 Å². The minimum absolute atomic E-state index is 0.809. The molecular formula is C10H12F6N4O3S. The highest BCUT2D eigenvalue weighted by atomic mass is 32.2. The van der Waals surface area contributed by atoms with E-state index in [4.69, 9.17) is 5.41 Å². The Morgan fingerprint density at radius 3 is 2.17 bits per heavy atom. The standard InChI is InChI=1S/C10H12F6N4O3S/c1-8(2)4(11)7(20-23-8)24(21,22)10(15,16)6(19-18-3)5(17)9(12,13)14/h4,17-18H,1-3H3/b17-5?,19-6+. The molecule has 1 unspecified atom stereocenters. The van der Waals surface area contributed by atoms with E-state index in [0.29, 0.717) is 0 Å². The van der Waals surface area contributed by atoms with E-state index in [1.807, 2.05) is 0 Å². The molecule has 0 aromatic carbocycles. The van der Waals surface area contributed by atoms with Crippen LogP contribution in [0.2, 0.25) is 0 Å². The van der Waals surface area contributed by atoms with Gasteiger partial charge in [-0.05, 0) is 13.8 Å². The Morgan fingerprint density at radius 2 is 1.83 bits per heavy atom. The molecule has 0 bridgehead atoms. The number of alkyl halides is 6. The number of sulfone groups is 1. The molecule has 0 aromatic rings. The molecule has 0 aliphatic carbocycles. The summed E-state index contributed by atoms with van der Waals surface area (Å²) in [6.07, 6.45) is -8.26. The Balaban J connectivity index is 3.45. The third kappa shape index (κ3) is 3.18. The molecule has 1 heterocycles. The van der Waals surface area contributed by atoms with E-state index >= 15 is 0 Å². The van der Waals surface area contributed by atoms with Gasteiger partial charge in [0, 0.05) is 7.05 Å². The van der Waals surface area contributed by atoms with Gasteiger partial charge in [-0.15, -0.1) is 0 Å². The summed E-state index contributed by atoms with van der Waals surface area (Å²) in [5, 5.41) is 4.82. The highest BCUT2D eigenvalue weighted by Crippen LogP contribution is 2.36. The number of halogens is 6. The molecule has 0 saturated heterocycles. The van der Waals surface area contributed by atoms with Crippen LogP contribution in [0.1, 0.15) is 13.8 Å². The molecule has 24 heavy (non-hydrogen) atoms. The van der Waals surface area contributed by atoms with E-state index in [1.54, 1.807) is 5.43 Å². The number of hydrogen-bond acceptors (Lipinski definition) is 7. The van der Waals surface area contributed by atoms with Crippen LogP contribution in [0.25, 0.3) is 0 Å². The minimum atomic E-state index is -6.08. The summed E-state index contributed by atoms with van der Waals surface area (Å²) < 4.78 is 104. The van der Waals surface area contributed by atoms with Crippen molar-refractivity contribution in [1.82, 2.24) is 5.43 Å². The van der Waals surface area contributed by atoms with Crippen LogP contribution < -0.4 is 5.43 Å². The highest BCUT2D eigenvalue weighted by molar-refractivity contribution is 8.08. The maximum Gasteiger partial charge on any atom is 0.434 e. The Kier molecular flexibility index (Phi) is 4.96. The number of nitrogens with one attached hydrogen (secondary N) is 2. The van der Waals surface area contributed by atoms with Crippen molar-refractivity contribution in [2.75, 3.05) is 7.05 Å². The Labute approximate surface area is 132 Å². The van der Waals surface area contributed by atoms with Gasteiger partial charge in [-0.25, -0.2) is 12.8 Å². The first-order valence-corrected chi connectivity index (χ1v) is 7.52. The molecule has 0 fully saturated rings. The van der Waals surface area contributed by atoms with Gasteiger partial charge in [0.15, 0.2) is 23.2 Å². The lowest BCUT2D eigenvalue weighted by Gasteiger charge is -2.22. The lowest BCUT2D eigenvalue weighted by atomic mass is 10.1. The molecule has 138 valence electrons. The van der Waals surface area contributed by atoms with Gasteiger partial charge < -0.3 is 10.3 Å². The summed E-state index contributed by atoms with van der Waals surface area (Å²) in [5.41, 5.74) is -5.51. The van der Waals surface area contributed by atoms with E-state index in [2.05, 4.69) is 15.1 Å². The minimum Gasteiger partial charge on any atom is -0.385 e. The largest absolute Gasteiger partial charge is 0.434 e. The number of hydrazone groups is 1. The first-order valence-electron chi connectivity index (χ1n) is 6.04. The van der Waals surface area contributed by atoms with Gasteiger partial charge in [-0.1, -0.05) is 5.16 Å². The van der Waals surface area contributed by atoms with Crippen LogP contribution in [0.15, 0.2) is 10.3 Å². The van der Waals surface area contributed by atoms with Crippen LogP contribution in [0, 0.1) is 5.41 Å².